The van der Waals surface area contributed by atoms with Gasteiger partial charge in [0.25, 0.3) is 0 Å². The van der Waals surface area contributed by atoms with E-state index >= 15 is 0 Å². The molecule has 0 spiro atoms. The number of aryl methyl sites for hydroxylation is 2. The Morgan fingerprint density at radius 1 is 1.19 bits per heavy atom. The molecule has 1 saturated heterocycles. The van der Waals surface area contributed by atoms with Crippen molar-refractivity contribution < 1.29 is 9.53 Å². The van der Waals surface area contributed by atoms with Gasteiger partial charge in [-0.25, -0.2) is 0 Å². The van der Waals surface area contributed by atoms with Crippen LogP contribution in [0.3, 0.4) is 0 Å². The van der Waals surface area contributed by atoms with Crippen molar-refractivity contribution in [3.63, 3.8) is 0 Å². The highest BCUT2D eigenvalue weighted by Crippen LogP contribution is 2.19. The minimum atomic E-state index is -0.0417. The van der Waals surface area contributed by atoms with Crippen molar-refractivity contribution in [2.24, 2.45) is 0 Å². The van der Waals surface area contributed by atoms with E-state index in [1.54, 1.807) is 0 Å². The zero-order valence-corrected chi connectivity index (χ0v) is 16.1. The second kappa shape index (κ2) is 9.60. The Morgan fingerprint density at radius 2 is 2.00 bits per heavy atom. The van der Waals surface area contributed by atoms with Gasteiger partial charge in [0.1, 0.15) is 0 Å². The number of carbonyl (C=O) groups excluding carboxylic acids is 1. The summed E-state index contributed by atoms with van der Waals surface area (Å²) in [4.78, 5) is 19.2. The molecular weight excluding hydrogens is 340 g/mol. The zero-order chi connectivity index (χ0) is 19.1. The van der Waals surface area contributed by atoms with E-state index in [2.05, 4.69) is 27.4 Å². The summed E-state index contributed by atoms with van der Waals surface area (Å²) in [6, 6.07) is 12.0. The molecule has 2 aromatic rings. The first kappa shape index (κ1) is 19.5. The van der Waals surface area contributed by atoms with Crippen LogP contribution >= 0.6 is 0 Å². The van der Waals surface area contributed by atoms with Crippen LogP contribution in [0, 0.1) is 13.8 Å². The number of rotatable bonds is 7. The highest BCUT2D eigenvalue weighted by Gasteiger charge is 2.23. The Labute approximate surface area is 160 Å². The lowest BCUT2D eigenvalue weighted by Gasteiger charge is -2.34. The molecule has 1 amide bonds. The van der Waals surface area contributed by atoms with Crippen molar-refractivity contribution in [3.05, 3.63) is 59.4 Å². The first-order valence-corrected chi connectivity index (χ1v) is 9.44. The fraction of sp³-hybridized carbons (Fsp3) is 0.429. The number of anilines is 1. The molecule has 0 radical (unpaired) electrons. The minimum absolute atomic E-state index is 0.0417. The molecule has 0 aliphatic carbocycles. The lowest BCUT2D eigenvalue weighted by molar-refractivity contribution is -0.115. The van der Waals surface area contributed by atoms with Gasteiger partial charge in [-0.15, -0.1) is 0 Å². The maximum Gasteiger partial charge on any atom is 0.238 e. The standard InChI is InChI=1S/C21H28N4O2/c1-16-6-7-18(13-17(16)2)24-21(26)15-22-14-20(19-5-3-4-8-23-19)25-9-11-27-12-10-25/h3-8,13,20,22H,9-12,14-15H2,1-2H3,(H,24,26)/t20-/m0/s1. The topological polar surface area (TPSA) is 66.5 Å². The Balaban J connectivity index is 1.55. The van der Waals surface area contributed by atoms with E-state index in [0.29, 0.717) is 6.54 Å². The molecule has 0 bridgehead atoms. The summed E-state index contributed by atoms with van der Waals surface area (Å²) in [6.07, 6.45) is 1.81. The molecule has 1 aromatic heterocycles. The number of nitrogens with zero attached hydrogens (tertiary/aromatic N) is 2. The number of ether oxygens (including phenoxy) is 1. The van der Waals surface area contributed by atoms with Crippen LogP contribution in [0.25, 0.3) is 0 Å². The van der Waals surface area contributed by atoms with Crippen LogP contribution in [0.15, 0.2) is 42.6 Å². The summed E-state index contributed by atoms with van der Waals surface area (Å²) in [5, 5.41) is 6.25. The predicted molar refractivity (Wildman–Crippen MR) is 107 cm³/mol. The molecule has 1 aliphatic rings. The molecule has 1 aliphatic heterocycles. The molecule has 6 nitrogen and oxygen atoms in total. The quantitative estimate of drug-likeness (QED) is 0.785. The molecule has 3 rings (SSSR count). The minimum Gasteiger partial charge on any atom is -0.379 e. The van der Waals surface area contributed by atoms with Crippen molar-refractivity contribution in [1.29, 1.82) is 0 Å². The van der Waals surface area contributed by atoms with Gasteiger partial charge in [-0.3, -0.25) is 14.7 Å². The monoisotopic (exact) mass is 368 g/mol. The second-order valence-corrected chi connectivity index (χ2v) is 6.90. The number of nitrogens with one attached hydrogen (secondary N) is 2. The second-order valence-electron chi connectivity index (χ2n) is 6.90. The molecule has 0 saturated carbocycles. The van der Waals surface area contributed by atoms with Crippen LogP contribution in [0.5, 0.6) is 0 Å². The normalized spacial score (nSPS) is 16.1. The molecule has 2 heterocycles. The number of hydrogen-bond donors (Lipinski definition) is 2. The molecule has 1 aromatic carbocycles. The first-order chi connectivity index (χ1) is 13.1. The molecule has 144 valence electrons. The molecular formula is C21H28N4O2. The van der Waals surface area contributed by atoms with Gasteiger partial charge in [-0.05, 0) is 49.2 Å². The van der Waals surface area contributed by atoms with Crippen molar-refractivity contribution in [1.82, 2.24) is 15.2 Å². The van der Waals surface area contributed by atoms with Crippen LogP contribution < -0.4 is 10.6 Å². The van der Waals surface area contributed by atoms with Crippen LogP contribution in [-0.4, -0.2) is 55.2 Å². The zero-order valence-electron chi connectivity index (χ0n) is 16.1. The Hall–Kier alpha value is -2.28. The number of morpholine rings is 1. The van der Waals surface area contributed by atoms with Crippen LogP contribution in [-0.2, 0) is 9.53 Å². The van der Waals surface area contributed by atoms with E-state index < -0.39 is 0 Å². The van der Waals surface area contributed by atoms with E-state index in [1.165, 1.54) is 11.1 Å². The van der Waals surface area contributed by atoms with E-state index in [9.17, 15) is 4.79 Å². The molecule has 6 heteroatoms. The summed E-state index contributed by atoms with van der Waals surface area (Å²) in [5.74, 6) is -0.0417. The highest BCUT2D eigenvalue weighted by atomic mass is 16.5. The smallest absolute Gasteiger partial charge is 0.238 e. The SMILES string of the molecule is Cc1ccc(NC(=O)CNC[C@@H](c2ccccn2)N2CCOCC2)cc1C. The largest absolute Gasteiger partial charge is 0.379 e. The summed E-state index contributed by atoms with van der Waals surface area (Å²) in [5.41, 5.74) is 4.24. The third kappa shape index (κ3) is 5.60. The van der Waals surface area contributed by atoms with Gasteiger partial charge in [0.15, 0.2) is 0 Å². The first-order valence-electron chi connectivity index (χ1n) is 9.44. The highest BCUT2D eigenvalue weighted by molar-refractivity contribution is 5.92. The van der Waals surface area contributed by atoms with Gasteiger partial charge in [0.05, 0.1) is 31.5 Å². The molecule has 0 unspecified atom stereocenters. The lowest BCUT2D eigenvalue weighted by Crippen LogP contribution is -2.44. The average Bonchev–Trinajstić information content (AvgIpc) is 2.69. The van der Waals surface area contributed by atoms with E-state index in [1.807, 2.05) is 49.5 Å². The molecule has 27 heavy (non-hydrogen) atoms. The summed E-state index contributed by atoms with van der Waals surface area (Å²) in [7, 11) is 0. The summed E-state index contributed by atoms with van der Waals surface area (Å²) in [6.45, 7) is 8.25. The van der Waals surface area contributed by atoms with Crippen LogP contribution in [0.1, 0.15) is 22.9 Å². The molecule has 1 atom stereocenters. The third-order valence-corrected chi connectivity index (χ3v) is 4.93. The van der Waals surface area contributed by atoms with Crippen molar-refractivity contribution in [2.45, 2.75) is 19.9 Å². The summed E-state index contributed by atoms with van der Waals surface area (Å²) >= 11 is 0. The number of carbonyl (C=O) groups is 1. The van der Waals surface area contributed by atoms with Gasteiger partial charge in [-0.2, -0.15) is 0 Å². The number of hydrogen-bond acceptors (Lipinski definition) is 5. The van der Waals surface area contributed by atoms with Gasteiger partial charge in [0, 0.05) is 31.5 Å². The van der Waals surface area contributed by atoms with Crippen molar-refractivity contribution in [2.75, 3.05) is 44.7 Å². The van der Waals surface area contributed by atoms with Crippen LogP contribution in [0.4, 0.5) is 5.69 Å². The Kier molecular flexibility index (Phi) is 6.92. The van der Waals surface area contributed by atoms with Crippen molar-refractivity contribution in [3.8, 4) is 0 Å². The number of benzene rings is 1. The maximum atomic E-state index is 12.3. The Morgan fingerprint density at radius 3 is 2.70 bits per heavy atom. The van der Waals surface area contributed by atoms with Crippen molar-refractivity contribution >= 4 is 11.6 Å². The molecule has 2 N–H and O–H groups in total. The van der Waals surface area contributed by atoms with E-state index in [-0.39, 0.29) is 18.5 Å². The number of aromatic nitrogens is 1. The Bertz CT molecular complexity index is 745. The summed E-state index contributed by atoms with van der Waals surface area (Å²) < 4.78 is 5.47. The van der Waals surface area contributed by atoms with E-state index in [0.717, 1.165) is 37.7 Å². The van der Waals surface area contributed by atoms with Gasteiger partial charge in [0.2, 0.25) is 5.91 Å². The van der Waals surface area contributed by atoms with Gasteiger partial charge in [-0.1, -0.05) is 12.1 Å². The molecule has 1 fully saturated rings. The fourth-order valence-electron chi connectivity index (χ4n) is 3.23. The number of amides is 1. The predicted octanol–water partition coefficient (Wildman–Crippen LogP) is 2.30. The average molecular weight is 368 g/mol. The number of pyridine rings is 1. The third-order valence-electron chi connectivity index (χ3n) is 4.93. The van der Waals surface area contributed by atoms with Crippen LogP contribution in [0.2, 0.25) is 0 Å². The lowest BCUT2D eigenvalue weighted by atomic mass is 10.1. The van der Waals surface area contributed by atoms with Gasteiger partial charge < -0.3 is 15.4 Å². The van der Waals surface area contributed by atoms with Gasteiger partial charge >= 0.3 is 0 Å². The van der Waals surface area contributed by atoms with E-state index in [4.69, 9.17) is 4.74 Å². The maximum absolute atomic E-state index is 12.3. The fourth-order valence-corrected chi connectivity index (χ4v) is 3.23.